The quantitative estimate of drug-likeness (QED) is 0.799. The SMILES string of the molecule is CNc1nc(SCCC(C)C)c(Cl)cc1Cl. The Hall–Kier alpha value is -0.120. The van der Waals surface area contributed by atoms with E-state index in [0.29, 0.717) is 21.8 Å². The monoisotopic (exact) mass is 278 g/mol. The van der Waals surface area contributed by atoms with Crippen molar-refractivity contribution in [3.63, 3.8) is 0 Å². The lowest BCUT2D eigenvalue weighted by molar-refractivity contribution is 0.632. The number of nitrogens with one attached hydrogen (secondary N) is 1. The second-order valence-electron chi connectivity index (χ2n) is 3.89. The van der Waals surface area contributed by atoms with Gasteiger partial charge >= 0.3 is 0 Å². The highest BCUT2D eigenvalue weighted by Crippen LogP contribution is 2.32. The summed E-state index contributed by atoms with van der Waals surface area (Å²) in [5.41, 5.74) is 0. The molecule has 0 aromatic carbocycles. The van der Waals surface area contributed by atoms with Gasteiger partial charge in [0.15, 0.2) is 0 Å². The van der Waals surface area contributed by atoms with Crippen LogP contribution in [0.5, 0.6) is 0 Å². The van der Waals surface area contributed by atoms with Gasteiger partial charge in [0.25, 0.3) is 0 Å². The van der Waals surface area contributed by atoms with Crippen LogP contribution >= 0.6 is 35.0 Å². The summed E-state index contributed by atoms with van der Waals surface area (Å²) in [6.07, 6.45) is 1.15. The minimum absolute atomic E-state index is 0.556. The number of rotatable bonds is 5. The van der Waals surface area contributed by atoms with Crippen molar-refractivity contribution in [2.75, 3.05) is 18.1 Å². The predicted octanol–water partition coefficient (Wildman–Crippen LogP) is 4.57. The molecule has 0 aliphatic rings. The van der Waals surface area contributed by atoms with Gasteiger partial charge in [-0.25, -0.2) is 4.98 Å². The van der Waals surface area contributed by atoms with E-state index in [0.717, 1.165) is 17.2 Å². The van der Waals surface area contributed by atoms with Crippen LogP contribution in [-0.2, 0) is 0 Å². The van der Waals surface area contributed by atoms with Crippen LogP contribution in [0, 0.1) is 5.92 Å². The maximum Gasteiger partial charge on any atom is 0.145 e. The molecule has 2 nitrogen and oxygen atoms in total. The maximum atomic E-state index is 6.08. The van der Waals surface area contributed by atoms with E-state index in [-0.39, 0.29) is 0 Å². The van der Waals surface area contributed by atoms with E-state index in [9.17, 15) is 0 Å². The minimum atomic E-state index is 0.556. The van der Waals surface area contributed by atoms with Gasteiger partial charge in [0.1, 0.15) is 10.8 Å². The lowest BCUT2D eigenvalue weighted by Crippen LogP contribution is -1.96. The zero-order chi connectivity index (χ0) is 12.1. The van der Waals surface area contributed by atoms with Crippen LogP contribution in [0.4, 0.5) is 5.82 Å². The Balaban J connectivity index is 2.72. The number of halogens is 2. The van der Waals surface area contributed by atoms with Crippen LogP contribution in [0.2, 0.25) is 10.0 Å². The molecule has 0 aliphatic heterocycles. The van der Waals surface area contributed by atoms with Crippen molar-refractivity contribution in [3.05, 3.63) is 16.1 Å². The number of hydrogen-bond acceptors (Lipinski definition) is 3. The summed E-state index contributed by atoms with van der Waals surface area (Å²) in [6, 6.07) is 1.74. The summed E-state index contributed by atoms with van der Waals surface area (Å²) in [4.78, 5) is 4.38. The Morgan fingerprint density at radius 1 is 1.38 bits per heavy atom. The van der Waals surface area contributed by atoms with Gasteiger partial charge in [-0.2, -0.15) is 0 Å². The topological polar surface area (TPSA) is 24.9 Å². The first kappa shape index (κ1) is 13.9. The molecule has 0 saturated heterocycles. The molecule has 1 N–H and O–H groups in total. The van der Waals surface area contributed by atoms with E-state index >= 15 is 0 Å². The van der Waals surface area contributed by atoms with Crippen LogP contribution in [0.3, 0.4) is 0 Å². The average Bonchev–Trinajstić information content (AvgIpc) is 2.20. The van der Waals surface area contributed by atoms with E-state index in [1.807, 2.05) is 0 Å². The van der Waals surface area contributed by atoms with E-state index in [4.69, 9.17) is 23.2 Å². The van der Waals surface area contributed by atoms with Gasteiger partial charge in [-0.05, 0) is 24.2 Å². The first-order valence-corrected chi connectivity index (χ1v) is 6.95. The molecule has 0 atom stereocenters. The van der Waals surface area contributed by atoms with Crippen LogP contribution in [0.1, 0.15) is 20.3 Å². The van der Waals surface area contributed by atoms with E-state index in [1.165, 1.54) is 0 Å². The van der Waals surface area contributed by atoms with Gasteiger partial charge in [-0.15, -0.1) is 11.8 Å². The van der Waals surface area contributed by atoms with Crippen molar-refractivity contribution in [1.82, 2.24) is 4.98 Å². The van der Waals surface area contributed by atoms with Gasteiger partial charge in [0.05, 0.1) is 10.0 Å². The number of nitrogens with zero attached hydrogens (tertiary/aromatic N) is 1. The fraction of sp³-hybridized carbons (Fsp3) is 0.545. The largest absolute Gasteiger partial charge is 0.372 e. The average molecular weight is 279 g/mol. The van der Waals surface area contributed by atoms with Crippen molar-refractivity contribution in [3.8, 4) is 0 Å². The molecule has 0 fully saturated rings. The standard InChI is InChI=1S/C11H16Cl2N2S/c1-7(2)4-5-16-11-9(13)6-8(12)10(14-3)15-11/h6-7H,4-5H2,1-3H3,(H,14,15). The number of thioether (sulfide) groups is 1. The van der Waals surface area contributed by atoms with Gasteiger partial charge in [0.2, 0.25) is 0 Å². The second kappa shape index (κ2) is 6.58. The smallest absolute Gasteiger partial charge is 0.145 e. The highest BCUT2D eigenvalue weighted by molar-refractivity contribution is 7.99. The summed E-state index contributed by atoms with van der Waals surface area (Å²) in [5, 5.41) is 4.97. The van der Waals surface area contributed by atoms with E-state index in [2.05, 4.69) is 24.1 Å². The molecule has 5 heteroatoms. The summed E-state index contributed by atoms with van der Waals surface area (Å²) >= 11 is 13.7. The Bertz CT molecular complexity index is 356. The van der Waals surface area contributed by atoms with E-state index in [1.54, 1.807) is 24.9 Å². The maximum absolute atomic E-state index is 6.08. The zero-order valence-corrected chi connectivity index (χ0v) is 12.0. The predicted molar refractivity (Wildman–Crippen MR) is 74.0 cm³/mol. The molecule has 90 valence electrons. The van der Waals surface area contributed by atoms with Crippen molar-refractivity contribution >= 4 is 40.8 Å². The molecule has 0 aliphatic carbocycles. The number of aromatic nitrogens is 1. The molecular weight excluding hydrogens is 263 g/mol. The normalized spacial score (nSPS) is 10.9. The van der Waals surface area contributed by atoms with Crippen molar-refractivity contribution in [2.45, 2.75) is 25.3 Å². The molecule has 0 saturated carbocycles. The van der Waals surface area contributed by atoms with Crippen LogP contribution in [0.25, 0.3) is 0 Å². The molecule has 1 rings (SSSR count). The first-order valence-electron chi connectivity index (χ1n) is 5.21. The molecule has 1 heterocycles. The van der Waals surface area contributed by atoms with Crippen LogP contribution in [-0.4, -0.2) is 17.8 Å². The summed E-state index contributed by atoms with van der Waals surface area (Å²) in [5.74, 6) is 2.40. The molecule has 0 bridgehead atoms. The van der Waals surface area contributed by atoms with Crippen LogP contribution in [0.15, 0.2) is 11.1 Å². The molecule has 0 amide bonds. The Labute approximate surface area is 111 Å². The second-order valence-corrected chi connectivity index (χ2v) is 5.78. The van der Waals surface area contributed by atoms with Gasteiger partial charge in [-0.3, -0.25) is 0 Å². The van der Waals surface area contributed by atoms with Crippen molar-refractivity contribution in [2.24, 2.45) is 5.92 Å². The van der Waals surface area contributed by atoms with Gasteiger partial charge in [0, 0.05) is 7.05 Å². The molecule has 16 heavy (non-hydrogen) atoms. The van der Waals surface area contributed by atoms with Gasteiger partial charge in [-0.1, -0.05) is 37.0 Å². The Morgan fingerprint density at radius 3 is 2.62 bits per heavy atom. The highest BCUT2D eigenvalue weighted by atomic mass is 35.5. The fourth-order valence-electron chi connectivity index (χ4n) is 1.12. The zero-order valence-electron chi connectivity index (χ0n) is 9.68. The minimum Gasteiger partial charge on any atom is -0.372 e. The number of pyridine rings is 1. The van der Waals surface area contributed by atoms with Crippen molar-refractivity contribution in [1.29, 1.82) is 0 Å². The molecule has 1 aromatic rings. The third-order valence-corrected chi connectivity index (χ3v) is 3.78. The lowest BCUT2D eigenvalue weighted by atomic mass is 10.2. The Morgan fingerprint density at radius 2 is 2.06 bits per heavy atom. The fourth-order valence-corrected chi connectivity index (χ4v) is 2.87. The molecule has 0 spiro atoms. The summed E-state index contributed by atoms with van der Waals surface area (Å²) < 4.78 is 0. The molecule has 0 unspecified atom stereocenters. The van der Waals surface area contributed by atoms with E-state index < -0.39 is 0 Å². The number of anilines is 1. The summed E-state index contributed by atoms with van der Waals surface area (Å²) in [7, 11) is 1.80. The summed E-state index contributed by atoms with van der Waals surface area (Å²) in [6.45, 7) is 4.41. The highest BCUT2D eigenvalue weighted by Gasteiger charge is 2.09. The third-order valence-electron chi connectivity index (χ3n) is 2.07. The van der Waals surface area contributed by atoms with Crippen LogP contribution < -0.4 is 5.32 Å². The lowest BCUT2D eigenvalue weighted by Gasteiger charge is -2.09. The molecule has 1 aromatic heterocycles. The first-order chi connectivity index (χ1) is 7.54. The van der Waals surface area contributed by atoms with Gasteiger partial charge < -0.3 is 5.32 Å². The third kappa shape index (κ3) is 4.04. The number of hydrogen-bond donors (Lipinski definition) is 1. The Kier molecular flexibility index (Phi) is 5.73. The molecule has 0 radical (unpaired) electrons. The van der Waals surface area contributed by atoms with Crippen molar-refractivity contribution < 1.29 is 0 Å². The molecular formula is C11H16Cl2N2S.